The molecule has 6 heteroatoms. The van der Waals surface area contributed by atoms with Crippen molar-refractivity contribution >= 4 is 17.6 Å². The average Bonchev–Trinajstić information content (AvgIpc) is 2.71. The summed E-state index contributed by atoms with van der Waals surface area (Å²) in [7, 11) is 0. The summed E-state index contributed by atoms with van der Waals surface area (Å²) in [6, 6.07) is 23.5. The second-order valence-electron chi connectivity index (χ2n) is 6.14. The number of carbonyl (C=O) groups excluding carboxylic acids is 2. The minimum Gasteiger partial charge on any atom is -0.308 e. The van der Waals surface area contributed by atoms with E-state index in [0.29, 0.717) is 5.69 Å². The molecule has 0 aromatic heterocycles. The van der Waals surface area contributed by atoms with Crippen molar-refractivity contribution in [1.29, 1.82) is 0 Å². The molecule has 0 heterocycles. The number of benzene rings is 3. The van der Waals surface area contributed by atoms with Crippen LogP contribution in [0, 0.1) is 5.82 Å². The lowest BCUT2D eigenvalue weighted by atomic mass is 9.98. The van der Waals surface area contributed by atoms with Gasteiger partial charge in [0.25, 0.3) is 0 Å². The van der Waals surface area contributed by atoms with Crippen LogP contribution in [0.3, 0.4) is 0 Å². The Morgan fingerprint density at radius 3 is 2.00 bits per heavy atom. The number of amides is 3. The van der Waals surface area contributed by atoms with Gasteiger partial charge in [0.15, 0.2) is 0 Å². The fourth-order valence-corrected chi connectivity index (χ4v) is 2.78. The van der Waals surface area contributed by atoms with E-state index in [4.69, 9.17) is 0 Å². The van der Waals surface area contributed by atoms with Crippen LogP contribution in [0.5, 0.6) is 0 Å². The van der Waals surface area contributed by atoms with Crippen molar-refractivity contribution < 1.29 is 14.0 Å². The third-order valence-electron chi connectivity index (χ3n) is 4.09. The van der Waals surface area contributed by atoms with E-state index < -0.39 is 11.9 Å². The van der Waals surface area contributed by atoms with Gasteiger partial charge in [-0.2, -0.15) is 0 Å². The fraction of sp³-hybridized carbons (Fsp3) is 0.0909. The van der Waals surface area contributed by atoms with Crippen molar-refractivity contribution in [2.75, 3.05) is 11.9 Å². The SMILES string of the molecule is O=C(CNC(c1ccccc1)c1ccc(F)cc1)NC(=O)Nc1ccccc1. The van der Waals surface area contributed by atoms with Crippen molar-refractivity contribution in [2.45, 2.75) is 6.04 Å². The van der Waals surface area contributed by atoms with E-state index >= 15 is 0 Å². The molecule has 142 valence electrons. The van der Waals surface area contributed by atoms with Crippen molar-refractivity contribution in [2.24, 2.45) is 0 Å². The molecular weight excluding hydrogens is 357 g/mol. The molecule has 3 aromatic carbocycles. The van der Waals surface area contributed by atoms with Gasteiger partial charge in [-0.05, 0) is 35.4 Å². The summed E-state index contributed by atoms with van der Waals surface area (Å²) >= 11 is 0. The summed E-state index contributed by atoms with van der Waals surface area (Å²) in [6.07, 6.45) is 0. The first-order valence-electron chi connectivity index (χ1n) is 8.81. The molecule has 3 N–H and O–H groups in total. The molecule has 0 bridgehead atoms. The Morgan fingerprint density at radius 2 is 1.36 bits per heavy atom. The molecular formula is C22H20FN3O2. The number of hydrogen-bond acceptors (Lipinski definition) is 3. The first-order valence-corrected chi connectivity index (χ1v) is 8.81. The molecule has 0 saturated heterocycles. The molecule has 0 aliphatic rings. The van der Waals surface area contributed by atoms with E-state index in [1.54, 1.807) is 36.4 Å². The number of halogens is 1. The lowest BCUT2D eigenvalue weighted by molar-refractivity contribution is -0.119. The molecule has 3 aromatic rings. The highest BCUT2D eigenvalue weighted by molar-refractivity contribution is 6.01. The number of hydrogen-bond donors (Lipinski definition) is 3. The summed E-state index contributed by atoms with van der Waals surface area (Å²) in [5, 5.41) is 8.00. The first kappa shape index (κ1) is 19.3. The Morgan fingerprint density at radius 1 is 0.786 bits per heavy atom. The predicted octanol–water partition coefficient (Wildman–Crippen LogP) is 3.85. The predicted molar refractivity (Wildman–Crippen MR) is 106 cm³/mol. The van der Waals surface area contributed by atoms with Gasteiger partial charge < -0.3 is 5.32 Å². The van der Waals surface area contributed by atoms with Gasteiger partial charge >= 0.3 is 6.03 Å². The average molecular weight is 377 g/mol. The minimum absolute atomic E-state index is 0.0842. The lowest BCUT2D eigenvalue weighted by Crippen LogP contribution is -2.41. The third-order valence-corrected chi connectivity index (χ3v) is 4.09. The fourth-order valence-electron chi connectivity index (χ4n) is 2.78. The van der Waals surface area contributed by atoms with Crippen LogP contribution >= 0.6 is 0 Å². The van der Waals surface area contributed by atoms with Crippen molar-refractivity contribution in [3.63, 3.8) is 0 Å². The van der Waals surface area contributed by atoms with E-state index in [-0.39, 0.29) is 18.4 Å². The minimum atomic E-state index is -0.601. The number of imide groups is 1. The quantitative estimate of drug-likeness (QED) is 0.611. The van der Waals surface area contributed by atoms with Crippen LogP contribution < -0.4 is 16.0 Å². The van der Waals surface area contributed by atoms with E-state index in [2.05, 4.69) is 16.0 Å². The van der Waals surface area contributed by atoms with Crippen LogP contribution in [-0.2, 0) is 4.79 Å². The number of para-hydroxylation sites is 1. The van der Waals surface area contributed by atoms with Gasteiger partial charge in [-0.15, -0.1) is 0 Å². The van der Waals surface area contributed by atoms with E-state index in [9.17, 15) is 14.0 Å². The normalized spacial score (nSPS) is 11.5. The molecule has 3 rings (SSSR count). The van der Waals surface area contributed by atoms with Gasteiger partial charge in [-0.3, -0.25) is 15.4 Å². The topological polar surface area (TPSA) is 70.2 Å². The maximum Gasteiger partial charge on any atom is 0.325 e. The molecule has 0 aliphatic heterocycles. The summed E-state index contributed by atoms with van der Waals surface area (Å²) in [5.41, 5.74) is 2.33. The lowest BCUT2D eigenvalue weighted by Gasteiger charge is -2.19. The van der Waals surface area contributed by atoms with Gasteiger partial charge in [0, 0.05) is 5.69 Å². The van der Waals surface area contributed by atoms with E-state index in [0.717, 1.165) is 11.1 Å². The zero-order valence-corrected chi connectivity index (χ0v) is 15.1. The Labute approximate surface area is 162 Å². The monoisotopic (exact) mass is 377 g/mol. The third kappa shape index (κ3) is 5.49. The van der Waals surface area contributed by atoms with Crippen molar-refractivity contribution in [3.05, 3.63) is 102 Å². The number of carbonyl (C=O) groups is 2. The number of rotatable bonds is 6. The highest BCUT2D eigenvalue weighted by atomic mass is 19.1. The number of nitrogens with one attached hydrogen (secondary N) is 3. The van der Waals surface area contributed by atoms with Crippen molar-refractivity contribution in [3.8, 4) is 0 Å². The molecule has 0 saturated carbocycles. The van der Waals surface area contributed by atoms with Crippen LogP contribution in [0.25, 0.3) is 0 Å². The second kappa shape index (κ2) is 9.43. The van der Waals surface area contributed by atoms with Crippen LogP contribution in [0.4, 0.5) is 14.9 Å². The van der Waals surface area contributed by atoms with Gasteiger partial charge in [0.1, 0.15) is 5.82 Å². The van der Waals surface area contributed by atoms with E-state index in [1.807, 2.05) is 36.4 Å². The second-order valence-corrected chi connectivity index (χ2v) is 6.14. The zero-order valence-electron chi connectivity index (χ0n) is 15.1. The summed E-state index contributed by atoms with van der Waals surface area (Å²) in [4.78, 5) is 24.1. The molecule has 5 nitrogen and oxygen atoms in total. The maximum absolute atomic E-state index is 13.3. The Balaban J connectivity index is 1.62. The maximum atomic E-state index is 13.3. The number of anilines is 1. The Kier molecular flexibility index (Phi) is 6.49. The molecule has 28 heavy (non-hydrogen) atoms. The standard InChI is InChI=1S/C22H20FN3O2/c23-18-13-11-17(12-14-18)21(16-7-3-1-4-8-16)24-15-20(27)26-22(28)25-19-9-5-2-6-10-19/h1-14,21,24H,15H2,(H2,25,26,27,28). The van der Waals surface area contributed by atoms with Crippen LogP contribution in [0.1, 0.15) is 17.2 Å². The number of urea groups is 1. The van der Waals surface area contributed by atoms with Crippen molar-refractivity contribution in [1.82, 2.24) is 10.6 Å². The Hall–Kier alpha value is -3.51. The summed E-state index contributed by atoms with van der Waals surface area (Å²) < 4.78 is 13.3. The largest absolute Gasteiger partial charge is 0.325 e. The first-order chi connectivity index (χ1) is 13.6. The van der Waals surface area contributed by atoms with Gasteiger partial charge in [0.2, 0.25) is 5.91 Å². The van der Waals surface area contributed by atoms with Crippen LogP contribution in [-0.4, -0.2) is 18.5 Å². The van der Waals surface area contributed by atoms with Gasteiger partial charge in [0.05, 0.1) is 12.6 Å². The van der Waals surface area contributed by atoms with Gasteiger partial charge in [-0.25, -0.2) is 9.18 Å². The smallest absolute Gasteiger partial charge is 0.308 e. The molecule has 3 amide bonds. The molecule has 0 aliphatic carbocycles. The van der Waals surface area contributed by atoms with E-state index in [1.165, 1.54) is 12.1 Å². The summed E-state index contributed by atoms with van der Waals surface area (Å²) in [5.74, 6) is -0.803. The summed E-state index contributed by atoms with van der Waals surface area (Å²) in [6.45, 7) is -0.0842. The molecule has 1 atom stereocenters. The van der Waals surface area contributed by atoms with Crippen LogP contribution in [0.2, 0.25) is 0 Å². The molecule has 0 radical (unpaired) electrons. The Bertz CT molecular complexity index is 916. The highest BCUT2D eigenvalue weighted by Crippen LogP contribution is 2.22. The molecule has 1 unspecified atom stereocenters. The zero-order chi connectivity index (χ0) is 19.8. The van der Waals surface area contributed by atoms with Crippen LogP contribution in [0.15, 0.2) is 84.9 Å². The molecule has 0 fully saturated rings. The molecule has 0 spiro atoms. The highest BCUT2D eigenvalue weighted by Gasteiger charge is 2.16. The van der Waals surface area contributed by atoms with Gasteiger partial charge in [-0.1, -0.05) is 60.7 Å².